The van der Waals surface area contributed by atoms with E-state index in [9.17, 15) is 5.11 Å². The van der Waals surface area contributed by atoms with Crippen molar-refractivity contribution in [1.82, 2.24) is 0 Å². The molecule has 0 fully saturated rings. The number of anilines is 2. The van der Waals surface area contributed by atoms with E-state index in [1.165, 1.54) is 11.3 Å². The number of nitrogens with zero attached hydrogens (tertiary/aromatic N) is 1. The van der Waals surface area contributed by atoms with E-state index >= 15 is 0 Å². The second-order valence-corrected chi connectivity index (χ2v) is 5.57. The molecular formula is C18H24N2O. The molecule has 0 saturated heterocycles. The van der Waals surface area contributed by atoms with Gasteiger partial charge in [0.05, 0.1) is 5.69 Å². The van der Waals surface area contributed by atoms with Crippen molar-refractivity contribution in [3.8, 4) is 5.75 Å². The minimum Gasteiger partial charge on any atom is -0.506 e. The van der Waals surface area contributed by atoms with Crippen molar-refractivity contribution in [3.05, 3.63) is 53.6 Å². The van der Waals surface area contributed by atoms with Crippen LogP contribution in [0.2, 0.25) is 0 Å². The highest BCUT2D eigenvalue weighted by atomic mass is 16.3. The summed E-state index contributed by atoms with van der Waals surface area (Å²) in [6.07, 6.45) is 0.895. The predicted octanol–water partition coefficient (Wildman–Crippen LogP) is 3.74. The number of phenols is 1. The van der Waals surface area contributed by atoms with Crippen LogP contribution in [0.3, 0.4) is 0 Å². The Morgan fingerprint density at radius 2 is 1.95 bits per heavy atom. The average Bonchev–Trinajstić information content (AvgIpc) is 2.44. The van der Waals surface area contributed by atoms with Crippen LogP contribution >= 0.6 is 0 Å². The number of benzene rings is 2. The quantitative estimate of drug-likeness (QED) is 0.649. The molecule has 0 heterocycles. The van der Waals surface area contributed by atoms with E-state index < -0.39 is 0 Å². The highest BCUT2D eigenvalue weighted by Crippen LogP contribution is 2.24. The monoisotopic (exact) mass is 284 g/mol. The molecule has 2 aromatic rings. The van der Waals surface area contributed by atoms with Crippen molar-refractivity contribution in [2.45, 2.75) is 33.2 Å². The maximum Gasteiger partial charge on any atom is 0.138 e. The van der Waals surface area contributed by atoms with Crippen molar-refractivity contribution in [2.24, 2.45) is 0 Å². The van der Waals surface area contributed by atoms with Crippen molar-refractivity contribution >= 4 is 11.4 Å². The summed E-state index contributed by atoms with van der Waals surface area (Å²) in [4.78, 5) is 2.38. The number of nitrogens with two attached hydrogens (primary N) is 1. The van der Waals surface area contributed by atoms with E-state index in [1.54, 1.807) is 6.07 Å². The van der Waals surface area contributed by atoms with Gasteiger partial charge in [0.15, 0.2) is 0 Å². The van der Waals surface area contributed by atoms with E-state index in [4.69, 9.17) is 5.73 Å². The lowest BCUT2D eigenvalue weighted by Crippen LogP contribution is -2.34. The molecule has 2 rings (SSSR count). The van der Waals surface area contributed by atoms with Crippen LogP contribution in [0.1, 0.15) is 25.0 Å². The molecule has 3 nitrogen and oxygen atoms in total. The highest BCUT2D eigenvalue weighted by Gasteiger charge is 2.14. The second-order valence-electron chi connectivity index (χ2n) is 5.57. The summed E-state index contributed by atoms with van der Waals surface area (Å²) in [5, 5.41) is 9.51. The molecule has 3 N–H and O–H groups in total. The lowest BCUT2D eigenvalue weighted by molar-refractivity contribution is 0.477. The van der Waals surface area contributed by atoms with Gasteiger partial charge in [-0.15, -0.1) is 0 Å². The lowest BCUT2D eigenvalue weighted by atomic mass is 10.0. The molecular weight excluding hydrogens is 260 g/mol. The molecule has 112 valence electrons. The molecule has 21 heavy (non-hydrogen) atoms. The van der Waals surface area contributed by atoms with Crippen molar-refractivity contribution in [1.29, 1.82) is 0 Å². The van der Waals surface area contributed by atoms with Crippen molar-refractivity contribution < 1.29 is 5.11 Å². The van der Waals surface area contributed by atoms with Gasteiger partial charge in [-0.05, 0) is 62.6 Å². The highest BCUT2D eigenvalue weighted by molar-refractivity contribution is 5.54. The molecule has 0 bridgehead atoms. The van der Waals surface area contributed by atoms with Gasteiger partial charge in [0.25, 0.3) is 0 Å². The first kappa shape index (κ1) is 15.2. The number of hydrogen-bond acceptors (Lipinski definition) is 3. The van der Waals surface area contributed by atoms with Crippen molar-refractivity contribution in [3.63, 3.8) is 0 Å². The van der Waals surface area contributed by atoms with Crippen LogP contribution in [0.5, 0.6) is 5.75 Å². The van der Waals surface area contributed by atoms with Gasteiger partial charge in [0, 0.05) is 18.3 Å². The second kappa shape index (κ2) is 6.53. The molecule has 0 aliphatic rings. The van der Waals surface area contributed by atoms with E-state index in [2.05, 4.69) is 49.9 Å². The Morgan fingerprint density at radius 3 is 2.57 bits per heavy atom. The summed E-state index contributed by atoms with van der Waals surface area (Å²) in [6, 6.07) is 14.4. The van der Waals surface area contributed by atoms with Crippen LogP contribution in [-0.4, -0.2) is 17.7 Å². The van der Waals surface area contributed by atoms with Crippen molar-refractivity contribution in [2.75, 3.05) is 17.2 Å². The molecule has 0 aromatic heterocycles. The summed E-state index contributed by atoms with van der Waals surface area (Å²) < 4.78 is 0. The number of phenolic OH excluding ortho intramolecular Hbond substituents is 1. The van der Waals surface area contributed by atoms with Gasteiger partial charge in [0.2, 0.25) is 0 Å². The average molecular weight is 284 g/mol. The standard InChI is InChI=1S/C18H24N2O/c1-4-20(16-7-5-6-13(2)10-16)14(3)11-15-8-9-18(21)17(19)12-15/h5-10,12,14,21H,4,11,19H2,1-3H3. The van der Waals surface area contributed by atoms with E-state index in [0.29, 0.717) is 11.7 Å². The third-order valence-corrected chi connectivity index (χ3v) is 3.83. The zero-order chi connectivity index (χ0) is 15.4. The molecule has 0 aliphatic carbocycles. The predicted molar refractivity (Wildman–Crippen MR) is 89.9 cm³/mol. The van der Waals surface area contributed by atoms with Crippen LogP contribution in [-0.2, 0) is 6.42 Å². The van der Waals surface area contributed by atoms with Gasteiger partial charge in [-0.25, -0.2) is 0 Å². The number of aromatic hydroxyl groups is 1. The Kier molecular flexibility index (Phi) is 4.73. The minimum atomic E-state index is 0.150. The van der Waals surface area contributed by atoms with Crippen LogP contribution in [0.25, 0.3) is 0 Å². The van der Waals surface area contributed by atoms with Gasteiger partial charge in [-0.2, -0.15) is 0 Å². The molecule has 3 heteroatoms. The maximum absolute atomic E-state index is 9.51. The lowest BCUT2D eigenvalue weighted by Gasteiger charge is -2.30. The number of hydrogen-bond donors (Lipinski definition) is 2. The Labute approximate surface area is 127 Å². The number of aryl methyl sites for hydroxylation is 1. The normalized spacial score (nSPS) is 12.1. The first-order chi connectivity index (χ1) is 10.0. The third kappa shape index (κ3) is 3.69. The molecule has 2 aromatic carbocycles. The summed E-state index contributed by atoms with van der Waals surface area (Å²) in [7, 11) is 0. The molecule has 0 amide bonds. The Bertz CT molecular complexity index is 610. The van der Waals surface area contributed by atoms with Crippen LogP contribution in [0.4, 0.5) is 11.4 Å². The summed E-state index contributed by atoms with van der Waals surface area (Å²) in [5.41, 5.74) is 9.88. The van der Waals surface area contributed by atoms with Gasteiger partial charge < -0.3 is 15.7 Å². The maximum atomic E-state index is 9.51. The van der Waals surface area contributed by atoms with Crippen LogP contribution in [0, 0.1) is 6.92 Å². The molecule has 1 unspecified atom stereocenters. The SMILES string of the molecule is CCN(c1cccc(C)c1)C(C)Cc1ccc(O)c(N)c1. The smallest absolute Gasteiger partial charge is 0.138 e. The summed E-state index contributed by atoms with van der Waals surface area (Å²) in [6.45, 7) is 7.46. The fourth-order valence-corrected chi connectivity index (χ4v) is 2.74. The molecule has 0 saturated carbocycles. The van der Waals surface area contributed by atoms with E-state index in [0.717, 1.165) is 18.5 Å². The number of rotatable bonds is 5. The van der Waals surface area contributed by atoms with E-state index in [1.807, 2.05) is 12.1 Å². The fraction of sp³-hybridized carbons (Fsp3) is 0.333. The first-order valence-corrected chi connectivity index (χ1v) is 7.42. The summed E-state index contributed by atoms with van der Waals surface area (Å²) in [5.74, 6) is 0.150. The largest absolute Gasteiger partial charge is 0.506 e. The Balaban J connectivity index is 2.16. The van der Waals surface area contributed by atoms with Gasteiger partial charge >= 0.3 is 0 Å². The molecule has 0 aliphatic heterocycles. The van der Waals surface area contributed by atoms with Gasteiger partial charge in [-0.1, -0.05) is 18.2 Å². The molecule has 0 radical (unpaired) electrons. The fourth-order valence-electron chi connectivity index (χ4n) is 2.74. The zero-order valence-electron chi connectivity index (χ0n) is 13.0. The Hall–Kier alpha value is -2.16. The topological polar surface area (TPSA) is 49.5 Å². The van der Waals surface area contributed by atoms with Crippen LogP contribution in [0.15, 0.2) is 42.5 Å². The molecule has 1 atom stereocenters. The number of nitrogen functional groups attached to an aromatic ring is 1. The van der Waals surface area contributed by atoms with Gasteiger partial charge in [0.1, 0.15) is 5.75 Å². The minimum absolute atomic E-state index is 0.150. The zero-order valence-corrected chi connectivity index (χ0v) is 13.0. The molecule has 0 spiro atoms. The third-order valence-electron chi connectivity index (χ3n) is 3.83. The van der Waals surface area contributed by atoms with Crippen LogP contribution < -0.4 is 10.6 Å². The summed E-state index contributed by atoms with van der Waals surface area (Å²) >= 11 is 0. The number of likely N-dealkylation sites (N-methyl/N-ethyl adjacent to an activating group) is 1. The first-order valence-electron chi connectivity index (χ1n) is 7.42. The van der Waals surface area contributed by atoms with E-state index in [-0.39, 0.29) is 5.75 Å². The Morgan fingerprint density at radius 1 is 1.19 bits per heavy atom. The van der Waals surface area contributed by atoms with Gasteiger partial charge in [-0.3, -0.25) is 0 Å².